The number of hydrogen-bond acceptors (Lipinski definition) is 5. The maximum absolute atomic E-state index is 13.1. The highest BCUT2D eigenvalue weighted by Crippen LogP contribution is 2.29. The minimum Gasteiger partial charge on any atom is -0.479 e. The number of aliphatic imine (C=N–C) groups is 1. The van der Waals surface area contributed by atoms with Gasteiger partial charge in [-0.1, -0.05) is 0 Å². The minimum atomic E-state index is -1.18. The molecule has 1 aromatic rings. The lowest BCUT2D eigenvalue weighted by Crippen LogP contribution is -2.51. The Morgan fingerprint density at radius 2 is 1.76 bits per heavy atom. The van der Waals surface area contributed by atoms with E-state index >= 15 is 0 Å². The first-order valence-electron chi connectivity index (χ1n) is 9.73. The Hall–Kier alpha value is -2.81. The van der Waals surface area contributed by atoms with Crippen molar-refractivity contribution >= 4 is 29.2 Å². The van der Waals surface area contributed by atoms with E-state index in [9.17, 15) is 18.8 Å². The number of carbonyl (C=O) groups excluding carboxylic acids is 2. The number of halogens is 1. The fourth-order valence-electron chi connectivity index (χ4n) is 3.98. The Kier molecular flexibility index (Phi) is 5.31. The molecule has 2 saturated heterocycles. The lowest BCUT2D eigenvalue weighted by molar-refractivity contribution is -0.138. The normalized spacial score (nSPS) is 27.9. The van der Waals surface area contributed by atoms with Crippen molar-refractivity contribution in [2.75, 3.05) is 31.1 Å². The molecule has 0 aromatic heterocycles. The number of carboxylic acids is 1. The van der Waals surface area contributed by atoms with Crippen molar-refractivity contribution in [3.8, 4) is 0 Å². The molecule has 3 atom stereocenters. The van der Waals surface area contributed by atoms with Crippen LogP contribution < -0.4 is 4.90 Å². The molecule has 1 aromatic carbocycles. The summed E-state index contributed by atoms with van der Waals surface area (Å²) in [7, 11) is 0. The van der Waals surface area contributed by atoms with Crippen molar-refractivity contribution < 1.29 is 28.6 Å². The van der Waals surface area contributed by atoms with Crippen molar-refractivity contribution in [3.05, 3.63) is 30.1 Å². The average Bonchev–Trinajstić information content (AvgIpc) is 3.41. The molecule has 2 aliphatic heterocycles. The third-order valence-electron chi connectivity index (χ3n) is 5.64. The molecule has 0 spiro atoms. The van der Waals surface area contributed by atoms with Gasteiger partial charge in [0.05, 0.1) is 5.92 Å². The van der Waals surface area contributed by atoms with Crippen LogP contribution in [0.4, 0.5) is 10.1 Å². The van der Waals surface area contributed by atoms with E-state index in [0.29, 0.717) is 44.7 Å². The van der Waals surface area contributed by atoms with Crippen LogP contribution in [0.3, 0.4) is 0 Å². The third-order valence-corrected chi connectivity index (χ3v) is 5.64. The smallest absolute Gasteiger partial charge is 0.336 e. The van der Waals surface area contributed by atoms with E-state index in [-0.39, 0.29) is 11.7 Å². The zero-order valence-electron chi connectivity index (χ0n) is 15.8. The molecular weight excluding hydrogens is 381 g/mol. The van der Waals surface area contributed by atoms with Gasteiger partial charge in [-0.05, 0) is 43.5 Å². The second-order valence-corrected chi connectivity index (χ2v) is 7.49. The summed E-state index contributed by atoms with van der Waals surface area (Å²) in [5.74, 6) is -2.55. The minimum absolute atomic E-state index is 0.0423. The van der Waals surface area contributed by atoms with Crippen LogP contribution in [0, 0.1) is 11.7 Å². The maximum Gasteiger partial charge on any atom is 0.336 e. The number of carboxylic acid groups (broad SMARTS) is 1. The topological polar surface area (TPSA) is 103 Å². The fourth-order valence-corrected chi connectivity index (χ4v) is 3.98. The molecule has 1 unspecified atom stereocenters. The molecule has 8 nitrogen and oxygen atoms in total. The van der Waals surface area contributed by atoms with E-state index in [1.165, 1.54) is 12.1 Å². The van der Waals surface area contributed by atoms with E-state index in [1.807, 2.05) is 0 Å². The molecule has 2 amide bonds. The van der Waals surface area contributed by atoms with Gasteiger partial charge in [-0.2, -0.15) is 0 Å². The van der Waals surface area contributed by atoms with Gasteiger partial charge in [0.15, 0.2) is 12.2 Å². The monoisotopic (exact) mass is 403 g/mol. The predicted molar refractivity (Wildman–Crippen MR) is 101 cm³/mol. The van der Waals surface area contributed by atoms with Crippen LogP contribution in [0.5, 0.6) is 0 Å². The molecule has 0 bridgehead atoms. The van der Waals surface area contributed by atoms with E-state index in [0.717, 1.165) is 12.1 Å². The Bertz CT molecular complexity index is 848. The molecule has 3 fully saturated rings. The summed E-state index contributed by atoms with van der Waals surface area (Å²) < 4.78 is 17.9. The van der Waals surface area contributed by atoms with Crippen LogP contribution in [0.2, 0.25) is 0 Å². The molecule has 2 heterocycles. The lowest BCUT2D eigenvalue weighted by Gasteiger charge is -2.37. The summed E-state index contributed by atoms with van der Waals surface area (Å²) in [4.78, 5) is 43.8. The van der Waals surface area contributed by atoms with Gasteiger partial charge in [-0.25, -0.2) is 14.2 Å². The number of piperazine rings is 1. The molecule has 1 N–H and O–H groups in total. The largest absolute Gasteiger partial charge is 0.479 e. The summed E-state index contributed by atoms with van der Waals surface area (Å²) in [5, 5.41) is 8.85. The number of anilines is 1. The van der Waals surface area contributed by atoms with Gasteiger partial charge in [0, 0.05) is 37.6 Å². The summed E-state index contributed by atoms with van der Waals surface area (Å²) in [5.41, 5.74) is 1.45. The Morgan fingerprint density at radius 3 is 2.38 bits per heavy atom. The Balaban J connectivity index is 1.35. The molecule has 29 heavy (non-hydrogen) atoms. The molecular formula is C20H22FN3O5. The Morgan fingerprint density at radius 1 is 1.07 bits per heavy atom. The number of aliphatic carboxylic acids is 1. The van der Waals surface area contributed by atoms with Gasteiger partial charge < -0.3 is 19.6 Å². The van der Waals surface area contributed by atoms with Gasteiger partial charge in [0.25, 0.3) is 5.91 Å². The third kappa shape index (κ3) is 4.14. The quantitative estimate of drug-likeness (QED) is 0.755. The number of hydrogen-bond donors (Lipinski definition) is 1. The van der Waals surface area contributed by atoms with Gasteiger partial charge in [0.2, 0.25) is 5.91 Å². The zero-order valence-corrected chi connectivity index (χ0v) is 15.8. The van der Waals surface area contributed by atoms with Crippen LogP contribution in [0.15, 0.2) is 29.3 Å². The first-order valence-corrected chi connectivity index (χ1v) is 9.73. The van der Waals surface area contributed by atoms with Gasteiger partial charge in [-0.3, -0.25) is 9.59 Å². The SMILES string of the molecule is O=C(O)C1O[C@@H]1C(=O)N=C1CCC[C@@H]1C(=O)N1CCN(c2ccc(F)cc2)CC1. The van der Waals surface area contributed by atoms with Crippen molar-refractivity contribution in [3.63, 3.8) is 0 Å². The van der Waals surface area contributed by atoms with Gasteiger partial charge >= 0.3 is 5.97 Å². The van der Waals surface area contributed by atoms with Crippen LogP contribution in [-0.2, 0) is 19.1 Å². The molecule has 0 radical (unpaired) electrons. The van der Waals surface area contributed by atoms with E-state index in [1.54, 1.807) is 17.0 Å². The number of amides is 2. The van der Waals surface area contributed by atoms with E-state index < -0.39 is 30.0 Å². The highest BCUT2D eigenvalue weighted by molar-refractivity contribution is 6.10. The second kappa shape index (κ2) is 7.90. The van der Waals surface area contributed by atoms with Crippen molar-refractivity contribution in [2.24, 2.45) is 10.9 Å². The molecule has 3 aliphatic rings. The van der Waals surface area contributed by atoms with Crippen LogP contribution in [-0.4, -0.2) is 71.9 Å². The van der Waals surface area contributed by atoms with Crippen molar-refractivity contribution in [1.82, 2.24) is 4.90 Å². The van der Waals surface area contributed by atoms with Gasteiger partial charge in [0.1, 0.15) is 5.82 Å². The number of rotatable bonds is 4. The Labute approximate surface area is 166 Å². The molecule has 1 aliphatic carbocycles. The number of nitrogens with zero attached hydrogens (tertiary/aromatic N) is 3. The summed E-state index contributed by atoms with van der Waals surface area (Å²) in [6.07, 6.45) is -0.192. The van der Waals surface area contributed by atoms with E-state index in [2.05, 4.69) is 9.89 Å². The number of benzene rings is 1. The number of ether oxygens (including phenoxy) is 1. The van der Waals surface area contributed by atoms with Crippen LogP contribution in [0.25, 0.3) is 0 Å². The molecule has 154 valence electrons. The molecule has 9 heteroatoms. The lowest BCUT2D eigenvalue weighted by atomic mass is 10.0. The summed E-state index contributed by atoms with van der Waals surface area (Å²) in [6, 6.07) is 6.29. The van der Waals surface area contributed by atoms with Crippen molar-refractivity contribution in [1.29, 1.82) is 0 Å². The standard InChI is InChI=1S/C20H22FN3O5/c21-12-4-6-13(7-5-12)23-8-10-24(11-9-23)19(26)14-2-1-3-15(14)22-18(25)16-17(29-16)20(27)28/h4-7,14,16-17H,1-3,8-11H2,(H,27,28)/t14-,16-,17?/m0/s1. The van der Waals surface area contributed by atoms with E-state index in [4.69, 9.17) is 9.84 Å². The first kappa shape index (κ1) is 19.5. The summed E-state index contributed by atoms with van der Waals surface area (Å²) >= 11 is 0. The highest BCUT2D eigenvalue weighted by atomic mass is 19.1. The average molecular weight is 403 g/mol. The fraction of sp³-hybridized carbons (Fsp3) is 0.500. The van der Waals surface area contributed by atoms with Crippen molar-refractivity contribution in [2.45, 2.75) is 31.5 Å². The number of carbonyl (C=O) groups is 3. The highest BCUT2D eigenvalue weighted by Gasteiger charge is 2.51. The first-order chi connectivity index (χ1) is 13.9. The second-order valence-electron chi connectivity index (χ2n) is 7.49. The summed E-state index contributed by atoms with van der Waals surface area (Å²) in [6.45, 7) is 2.37. The number of epoxide rings is 1. The van der Waals surface area contributed by atoms with Crippen LogP contribution >= 0.6 is 0 Å². The maximum atomic E-state index is 13.1. The van der Waals surface area contributed by atoms with Crippen LogP contribution in [0.1, 0.15) is 19.3 Å². The molecule has 1 saturated carbocycles. The predicted octanol–water partition coefficient (Wildman–Crippen LogP) is 1.09. The molecule has 4 rings (SSSR count). The zero-order chi connectivity index (χ0) is 20.5. The van der Waals surface area contributed by atoms with Gasteiger partial charge in [-0.15, -0.1) is 0 Å².